The van der Waals surface area contributed by atoms with Crippen LogP contribution in [-0.4, -0.2) is 15.8 Å². The van der Waals surface area contributed by atoms with Gasteiger partial charge in [0.05, 0.1) is 11.3 Å². The first kappa shape index (κ1) is 19.1. The van der Waals surface area contributed by atoms with Gasteiger partial charge in [0.15, 0.2) is 5.78 Å². The second-order valence-electron chi connectivity index (χ2n) is 7.56. The lowest BCUT2D eigenvalue weighted by Crippen LogP contribution is -2.18. The highest BCUT2D eigenvalue weighted by Gasteiger charge is 2.25. The summed E-state index contributed by atoms with van der Waals surface area (Å²) in [6.07, 6.45) is 3.16. The third kappa shape index (κ3) is 3.99. The van der Waals surface area contributed by atoms with Crippen LogP contribution in [0.4, 0.5) is 23.1 Å². The molecule has 1 heterocycles. The Balaban J connectivity index is 1.74. The highest BCUT2D eigenvalue weighted by atomic mass is 16.1. The van der Waals surface area contributed by atoms with Crippen LogP contribution in [0.2, 0.25) is 0 Å². The van der Waals surface area contributed by atoms with Gasteiger partial charge in [-0.1, -0.05) is 37.3 Å². The maximum absolute atomic E-state index is 12.7. The van der Waals surface area contributed by atoms with Gasteiger partial charge in [-0.05, 0) is 61.9 Å². The molecule has 2 N–H and O–H groups in total. The molecule has 0 amide bonds. The van der Waals surface area contributed by atoms with Crippen LogP contribution in [-0.2, 0) is 12.8 Å². The molecule has 0 spiro atoms. The predicted molar refractivity (Wildman–Crippen MR) is 118 cm³/mol. The SMILES string of the molecule is CCc1ccc(Nc2nc3c(c(Nc4c(C)cccc4C)n2)C(=O)CCC3)cc1. The van der Waals surface area contributed by atoms with Crippen LogP contribution in [0.25, 0.3) is 0 Å². The molecule has 0 radical (unpaired) electrons. The number of Topliss-reactive ketones (excluding diaryl/α,β-unsaturated/α-hetero) is 1. The van der Waals surface area contributed by atoms with E-state index in [0.29, 0.717) is 23.8 Å². The summed E-state index contributed by atoms with van der Waals surface area (Å²) in [5, 5.41) is 6.73. The lowest BCUT2D eigenvalue weighted by atomic mass is 9.95. The minimum Gasteiger partial charge on any atom is -0.339 e. The fourth-order valence-electron chi connectivity index (χ4n) is 3.75. The zero-order valence-electron chi connectivity index (χ0n) is 17.2. The highest BCUT2D eigenvalue weighted by Crippen LogP contribution is 2.31. The lowest BCUT2D eigenvalue weighted by Gasteiger charge is -2.20. The fourth-order valence-corrected chi connectivity index (χ4v) is 3.75. The van der Waals surface area contributed by atoms with Crippen molar-refractivity contribution in [2.24, 2.45) is 0 Å². The minimum atomic E-state index is 0.110. The number of anilines is 4. The Labute approximate surface area is 171 Å². The summed E-state index contributed by atoms with van der Waals surface area (Å²) < 4.78 is 0. The van der Waals surface area contributed by atoms with Crippen LogP contribution in [0.3, 0.4) is 0 Å². The van der Waals surface area contributed by atoms with Gasteiger partial charge in [0.1, 0.15) is 5.82 Å². The molecule has 5 nitrogen and oxygen atoms in total. The number of hydrogen-bond donors (Lipinski definition) is 2. The van der Waals surface area contributed by atoms with Crippen molar-refractivity contribution in [3.8, 4) is 0 Å². The molecule has 2 aromatic carbocycles. The first-order chi connectivity index (χ1) is 14.0. The maximum Gasteiger partial charge on any atom is 0.229 e. The number of fused-ring (bicyclic) bond motifs is 1. The van der Waals surface area contributed by atoms with Crippen LogP contribution in [0, 0.1) is 13.8 Å². The smallest absolute Gasteiger partial charge is 0.229 e. The van der Waals surface area contributed by atoms with E-state index >= 15 is 0 Å². The summed E-state index contributed by atoms with van der Waals surface area (Å²) in [6.45, 7) is 6.25. The molecular formula is C24H26N4O. The summed E-state index contributed by atoms with van der Waals surface area (Å²) >= 11 is 0. The summed E-state index contributed by atoms with van der Waals surface area (Å²) in [5.41, 5.74) is 6.89. The molecule has 0 aliphatic heterocycles. The van der Waals surface area contributed by atoms with Gasteiger partial charge in [0.2, 0.25) is 5.95 Å². The second-order valence-corrected chi connectivity index (χ2v) is 7.56. The van der Waals surface area contributed by atoms with Crippen molar-refractivity contribution in [2.45, 2.75) is 46.5 Å². The predicted octanol–water partition coefficient (Wildman–Crippen LogP) is 5.66. The van der Waals surface area contributed by atoms with Crippen molar-refractivity contribution in [1.82, 2.24) is 9.97 Å². The molecule has 29 heavy (non-hydrogen) atoms. The molecular weight excluding hydrogens is 360 g/mol. The number of carbonyl (C=O) groups is 1. The number of para-hydroxylation sites is 1. The molecule has 5 heteroatoms. The Morgan fingerprint density at radius 2 is 1.66 bits per heavy atom. The minimum absolute atomic E-state index is 0.110. The normalized spacial score (nSPS) is 13.1. The quantitative estimate of drug-likeness (QED) is 0.592. The van der Waals surface area contributed by atoms with Crippen LogP contribution in [0.5, 0.6) is 0 Å². The molecule has 1 aliphatic rings. The van der Waals surface area contributed by atoms with E-state index < -0.39 is 0 Å². The molecule has 0 fully saturated rings. The number of ketones is 1. The van der Waals surface area contributed by atoms with Crippen LogP contribution >= 0.6 is 0 Å². The average molecular weight is 386 g/mol. The fraction of sp³-hybridized carbons (Fsp3) is 0.292. The van der Waals surface area contributed by atoms with E-state index in [1.54, 1.807) is 0 Å². The van der Waals surface area contributed by atoms with Gasteiger partial charge in [0, 0.05) is 17.8 Å². The Kier molecular flexibility index (Phi) is 5.30. The molecule has 0 saturated carbocycles. The van der Waals surface area contributed by atoms with Gasteiger partial charge < -0.3 is 10.6 Å². The van der Waals surface area contributed by atoms with Crippen molar-refractivity contribution in [1.29, 1.82) is 0 Å². The number of nitrogens with zero attached hydrogens (tertiary/aromatic N) is 2. The van der Waals surface area contributed by atoms with E-state index in [9.17, 15) is 4.79 Å². The summed E-state index contributed by atoms with van der Waals surface area (Å²) in [7, 11) is 0. The average Bonchev–Trinajstić information content (AvgIpc) is 2.71. The monoisotopic (exact) mass is 386 g/mol. The zero-order valence-corrected chi connectivity index (χ0v) is 17.2. The Hall–Kier alpha value is -3.21. The molecule has 0 atom stereocenters. The summed E-state index contributed by atoms with van der Waals surface area (Å²) in [6, 6.07) is 14.4. The number of carbonyl (C=O) groups excluding carboxylic acids is 1. The Morgan fingerprint density at radius 3 is 2.34 bits per heavy atom. The van der Waals surface area contributed by atoms with Crippen molar-refractivity contribution < 1.29 is 4.79 Å². The number of rotatable bonds is 5. The standard InChI is InChI=1S/C24H26N4O/c1-4-17-11-13-18(14-12-17)25-24-26-19-9-6-10-20(29)21(19)23(28-24)27-22-15(2)7-5-8-16(22)3/h5,7-8,11-14H,4,6,9-10H2,1-3H3,(H2,25,26,27,28). The number of aromatic nitrogens is 2. The first-order valence-corrected chi connectivity index (χ1v) is 10.2. The maximum atomic E-state index is 12.7. The summed E-state index contributed by atoms with van der Waals surface area (Å²) in [5.74, 6) is 1.21. The Bertz CT molecular complexity index is 1040. The molecule has 4 rings (SSSR count). The lowest BCUT2D eigenvalue weighted by molar-refractivity contribution is 0.0972. The largest absolute Gasteiger partial charge is 0.339 e. The van der Waals surface area contributed by atoms with Crippen molar-refractivity contribution >= 4 is 28.9 Å². The highest BCUT2D eigenvalue weighted by molar-refractivity contribution is 6.03. The topological polar surface area (TPSA) is 66.9 Å². The molecule has 0 unspecified atom stereocenters. The molecule has 1 aliphatic carbocycles. The number of aryl methyl sites for hydroxylation is 4. The van der Waals surface area contributed by atoms with Gasteiger partial charge in [-0.15, -0.1) is 0 Å². The van der Waals surface area contributed by atoms with Crippen molar-refractivity contribution in [2.75, 3.05) is 10.6 Å². The Morgan fingerprint density at radius 1 is 0.931 bits per heavy atom. The third-order valence-electron chi connectivity index (χ3n) is 5.42. The van der Waals surface area contributed by atoms with E-state index in [1.165, 1.54) is 5.56 Å². The van der Waals surface area contributed by atoms with Gasteiger partial charge >= 0.3 is 0 Å². The molecule has 0 saturated heterocycles. The second kappa shape index (κ2) is 8.03. The van der Waals surface area contributed by atoms with E-state index in [0.717, 1.165) is 47.5 Å². The van der Waals surface area contributed by atoms with Crippen LogP contribution < -0.4 is 10.6 Å². The molecule has 0 bridgehead atoms. The van der Waals surface area contributed by atoms with Crippen LogP contribution in [0.15, 0.2) is 42.5 Å². The van der Waals surface area contributed by atoms with Gasteiger partial charge in [-0.3, -0.25) is 4.79 Å². The number of nitrogens with one attached hydrogen (secondary N) is 2. The summed E-state index contributed by atoms with van der Waals surface area (Å²) in [4.78, 5) is 22.0. The third-order valence-corrected chi connectivity index (χ3v) is 5.42. The van der Waals surface area contributed by atoms with Crippen molar-refractivity contribution in [3.63, 3.8) is 0 Å². The number of hydrogen-bond acceptors (Lipinski definition) is 5. The zero-order chi connectivity index (χ0) is 20.4. The van der Waals surface area contributed by atoms with E-state index in [2.05, 4.69) is 60.7 Å². The number of benzene rings is 2. The first-order valence-electron chi connectivity index (χ1n) is 10.2. The van der Waals surface area contributed by atoms with Gasteiger partial charge in [0.25, 0.3) is 0 Å². The van der Waals surface area contributed by atoms with Gasteiger partial charge in [-0.25, -0.2) is 4.98 Å². The van der Waals surface area contributed by atoms with Crippen LogP contribution in [0.1, 0.15) is 52.5 Å². The molecule has 148 valence electrons. The van der Waals surface area contributed by atoms with Gasteiger partial charge in [-0.2, -0.15) is 4.98 Å². The molecule has 3 aromatic rings. The molecule has 1 aromatic heterocycles. The van der Waals surface area contributed by atoms with Crippen molar-refractivity contribution in [3.05, 3.63) is 70.4 Å². The van der Waals surface area contributed by atoms with E-state index in [-0.39, 0.29) is 5.78 Å². The van der Waals surface area contributed by atoms with E-state index in [1.807, 2.05) is 18.2 Å². The van der Waals surface area contributed by atoms with E-state index in [4.69, 9.17) is 4.98 Å².